The molecule has 2 aliphatic rings. The lowest BCUT2D eigenvalue weighted by molar-refractivity contribution is -0.128. The molecule has 96 valence electrons. The normalized spacial score (nSPS) is 26.4. The third kappa shape index (κ3) is 2.96. The Morgan fingerprint density at radius 1 is 1.59 bits per heavy atom. The van der Waals surface area contributed by atoms with E-state index in [2.05, 4.69) is 0 Å². The van der Waals surface area contributed by atoms with Gasteiger partial charge < -0.3 is 20.3 Å². The van der Waals surface area contributed by atoms with Crippen LogP contribution in [0, 0.1) is 5.92 Å². The van der Waals surface area contributed by atoms with Crippen molar-refractivity contribution in [1.29, 1.82) is 0 Å². The average Bonchev–Trinajstić information content (AvgIpc) is 2.95. The van der Waals surface area contributed by atoms with E-state index in [9.17, 15) is 5.11 Å². The van der Waals surface area contributed by atoms with Gasteiger partial charge in [0, 0.05) is 12.5 Å². The fourth-order valence-electron chi connectivity index (χ4n) is 2.26. The van der Waals surface area contributed by atoms with Crippen LogP contribution in [0.1, 0.15) is 13.3 Å². The SMILES string of the molecule is C/C=C\C(O)C1=C(CCOC2COC2)C1CN. The maximum atomic E-state index is 9.87. The van der Waals surface area contributed by atoms with Gasteiger partial charge >= 0.3 is 0 Å². The summed E-state index contributed by atoms with van der Waals surface area (Å²) in [7, 11) is 0. The van der Waals surface area contributed by atoms with E-state index in [0.717, 1.165) is 12.0 Å². The number of hydrogen-bond donors (Lipinski definition) is 2. The highest BCUT2D eigenvalue weighted by Crippen LogP contribution is 2.43. The fourth-order valence-corrected chi connectivity index (χ4v) is 2.26. The minimum atomic E-state index is -0.462. The lowest BCUT2D eigenvalue weighted by Gasteiger charge is -2.25. The standard InChI is InChI=1S/C13H21NO3/c1-2-3-12(15)13-10(11(13)6-14)4-5-17-9-7-16-8-9/h2-3,9,11-12,15H,4-8,14H2,1H3/b3-2-. The molecule has 2 unspecified atom stereocenters. The molecule has 0 radical (unpaired) electrons. The van der Waals surface area contributed by atoms with Crippen LogP contribution >= 0.6 is 0 Å². The summed E-state index contributed by atoms with van der Waals surface area (Å²) in [4.78, 5) is 0. The second kappa shape index (κ2) is 5.78. The molecular formula is C13H21NO3. The molecule has 1 heterocycles. The van der Waals surface area contributed by atoms with E-state index in [1.54, 1.807) is 6.08 Å². The first-order chi connectivity index (χ1) is 8.27. The van der Waals surface area contributed by atoms with Crippen LogP contribution in [-0.2, 0) is 9.47 Å². The van der Waals surface area contributed by atoms with E-state index in [-0.39, 0.29) is 6.10 Å². The Balaban J connectivity index is 1.76. The molecule has 4 heteroatoms. The van der Waals surface area contributed by atoms with E-state index in [1.807, 2.05) is 13.0 Å². The summed E-state index contributed by atoms with van der Waals surface area (Å²) in [5, 5.41) is 9.87. The first-order valence-corrected chi connectivity index (χ1v) is 6.21. The lowest BCUT2D eigenvalue weighted by Crippen LogP contribution is -2.36. The number of rotatable bonds is 7. The third-order valence-corrected chi connectivity index (χ3v) is 3.35. The van der Waals surface area contributed by atoms with Crippen LogP contribution in [0.3, 0.4) is 0 Å². The van der Waals surface area contributed by atoms with Crippen LogP contribution in [-0.4, -0.2) is 43.7 Å². The highest BCUT2D eigenvalue weighted by atomic mass is 16.6. The number of hydrogen-bond acceptors (Lipinski definition) is 4. The number of aliphatic hydroxyl groups is 1. The Kier molecular flexibility index (Phi) is 4.34. The van der Waals surface area contributed by atoms with Crippen LogP contribution < -0.4 is 5.73 Å². The third-order valence-electron chi connectivity index (χ3n) is 3.35. The summed E-state index contributed by atoms with van der Waals surface area (Å²) >= 11 is 0. The Hall–Kier alpha value is -0.680. The van der Waals surface area contributed by atoms with Gasteiger partial charge in [0.15, 0.2) is 0 Å². The second-order valence-corrected chi connectivity index (χ2v) is 4.52. The van der Waals surface area contributed by atoms with Gasteiger partial charge in [-0.05, 0) is 18.9 Å². The smallest absolute Gasteiger partial charge is 0.104 e. The Bertz CT molecular complexity index is 321. The van der Waals surface area contributed by atoms with Crippen molar-refractivity contribution in [2.24, 2.45) is 11.7 Å². The molecule has 4 nitrogen and oxygen atoms in total. The van der Waals surface area contributed by atoms with Crippen molar-refractivity contribution in [2.75, 3.05) is 26.4 Å². The van der Waals surface area contributed by atoms with Crippen LogP contribution in [0.25, 0.3) is 0 Å². The van der Waals surface area contributed by atoms with E-state index >= 15 is 0 Å². The summed E-state index contributed by atoms with van der Waals surface area (Å²) in [6.07, 6.45) is 4.35. The van der Waals surface area contributed by atoms with E-state index in [0.29, 0.717) is 32.3 Å². The Morgan fingerprint density at radius 3 is 2.88 bits per heavy atom. The van der Waals surface area contributed by atoms with Crippen molar-refractivity contribution < 1.29 is 14.6 Å². The highest BCUT2D eigenvalue weighted by Gasteiger charge is 2.38. The van der Waals surface area contributed by atoms with Crippen LogP contribution in [0.5, 0.6) is 0 Å². The minimum absolute atomic E-state index is 0.273. The monoisotopic (exact) mass is 239 g/mol. The van der Waals surface area contributed by atoms with Gasteiger partial charge in [0.1, 0.15) is 6.10 Å². The molecule has 2 rings (SSSR count). The van der Waals surface area contributed by atoms with Gasteiger partial charge in [-0.15, -0.1) is 0 Å². The van der Waals surface area contributed by atoms with Gasteiger partial charge in [-0.1, -0.05) is 17.7 Å². The first-order valence-electron chi connectivity index (χ1n) is 6.21. The summed E-state index contributed by atoms with van der Waals surface area (Å²) in [5.74, 6) is 0.294. The summed E-state index contributed by atoms with van der Waals surface area (Å²) < 4.78 is 10.6. The van der Waals surface area contributed by atoms with Gasteiger partial charge in [-0.25, -0.2) is 0 Å². The molecule has 1 aliphatic heterocycles. The Labute approximate surface area is 102 Å². The van der Waals surface area contributed by atoms with Gasteiger partial charge in [0.2, 0.25) is 0 Å². The molecule has 1 fully saturated rings. The van der Waals surface area contributed by atoms with Crippen LogP contribution in [0.15, 0.2) is 23.3 Å². The second-order valence-electron chi connectivity index (χ2n) is 4.52. The first kappa shape index (κ1) is 12.8. The molecular weight excluding hydrogens is 218 g/mol. The van der Waals surface area contributed by atoms with Gasteiger partial charge in [0.25, 0.3) is 0 Å². The predicted molar refractivity (Wildman–Crippen MR) is 65.6 cm³/mol. The van der Waals surface area contributed by atoms with Gasteiger partial charge in [-0.3, -0.25) is 0 Å². The molecule has 0 spiro atoms. The summed E-state index contributed by atoms with van der Waals surface area (Å²) in [6, 6.07) is 0. The molecule has 1 saturated heterocycles. The molecule has 1 aliphatic carbocycles. The number of allylic oxidation sites excluding steroid dienone is 1. The molecule has 0 bridgehead atoms. The maximum Gasteiger partial charge on any atom is 0.104 e. The highest BCUT2D eigenvalue weighted by molar-refractivity contribution is 5.46. The average molecular weight is 239 g/mol. The van der Waals surface area contributed by atoms with Crippen LogP contribution in [0.2, 0.25) is 0 Å². The zero-order valence-corrected chi connectivity index (χ0v) is 10.3. The zero-order valence-electron chi connectivity index (χ0n) is 10.3. The molecule has 17 heavy (non-hydrogen) atoms. The topological polar surface area (TPSA) is 64.7 Å². The quantitative estimate of drug-likeness (QED) is 0.639. The number of aliphatic hydroxyl groups excluding tert-OH is 1. The van der Waals surface area contributed by atoms with Crippen molar-refractivity contribution in [1.82, 2.24) is 0 Å². The fraction of sp³-hybridized carbons (Fsp3) is 0.692. The van der Waals surface area contributed by atoms with Gasteiger partial charge in [-0.2, -0.15) is 0 Å². The minimum Gasteiger partial charge on any atom is -0.385 e. The largest absolute Gasteiger partial charge is 0.385 e. The van der Waals surface area contributed by atoms with Crippen molar-refractivity contribution in [3.63, 3.8) is 0 Å². The van der Waals surface area contributed by atoms with Crippen molar-refractivity contribution >= 4 is 0 Å². The summed E-state index contributed by atoms with van der Waals surface area (Å²) in [6.45, 7) is 4.63. The molecule has 3 N–H and O–H groups in total. The molecule has 0 aromatic heterocycles. The van der Waals surface area contributed by atoms with Crippen molar-refractivity contribution in [3.05, 3.63) is 23.3 Å². The van der Waals surface area contributed by atoms with Crippen molar-refractivity contribution in [3.8, 4) is 0 Å². The van der Waals surface area contributed by atoms with E-state index in [4.69, 9.17) is 15.2 Å². The predicted octanol–water partition coefficient (Wildman–Crippen LogP) is 0.614. The zero-order chi connectivity index (χ0) is 12.3. The molecule has 0 amide bonds. The summed E-state index contributed by atoms with van der Waals surface area (Å²) in [5.41, 5.74) is 8.05. The van der Waals surface area contributed by atoms with Crippen molar-refractivity contribution in [2.45, 2.75) is 25.6 Å². The van der Waals surface area contributed by atoms with E-state index < -0.39 is 6.10 Å². The lowest BCUT2D eigenvalue weighted by atomic mass is 10.2. The number of ether oxygens (including phenoxy) is 2. The molecule has 0 aromatic carbocycles. The van der Waals surface area contributed by atoms with E-state index in [1.165, 1.54) is 5.57 Å². The molecule has 0 aromatic rings. The van der Waals surface area contributed by atoms with Crippen LogP contribution in [0.4, 0.5) is 0 Å². The molecule has 0 saturated carbocycles. The Morgan fingerprint density at radius 2 is 2.35 bits per heavy atom. The van der Waals surface area contributed by atoms with Gasteiger partial charge in [0.05, 0.1) is 25.9 Å². The maximum absolute atomic E-state index is 9.87. The molecule has 2 atom stereocenters. The number of nitrogens with two attached hydrogens (primary N) is 1.